The highest BCUT2D eigenvalue weighted by atomic mass is 35.5. The molecule has 1 saturated carbocycles. The van der Waals surface area contributed by atoms with E-state index in [1.54, 1.807) is 18.2 Å². The lowest BCUT2D eigenvalue weighted by Crippen LogP contribution is -2.33. The first-order valence-electron chi connectivity index (χ1n) is 8.06. The number of amides is 2. The molecular formula is C17H22Cl2N2O2. The lowest BCUT2D eigenvalue weighted by atomic mass is 9.86. The molecule has 126 valence electrons. The minimum absolute atomic E-state index is 0.0632. The van der Waals surface area contributed by atoms with Gasteiger partial charge in [-0.25, -0.2) is 0 Å². The Labute approximate surface area is 146 Å². The van der Waals surface area contributed by atoms with Gasteiger partial charge in [0.05, 0.1) is 17.3 Å². The maximum absolute atomic E-state index is 11.9. The van der Waals surface area contributed by atoms with E-state index < -0.39 is 0 Å². The summed E-state index contributed by atoms with van der Waals surface area (Å²) in [6.07, 6.45) is 7.70. The summed E-state index contributed by atoms with van der Waals surface area (Å²) in [4.78, 5) is 23.7. The molecule has 0 aliphatic heterocycles. The van der Waals surface area contributed by atoms with E-state index in [0.29, 0.717) is 28.1 Å². The first-order chi connectivity index (χ1) is 11.0. The fraction of sp³-hybridized carbons (Fsp3) is 0.529. The van der Waals surface area contributed by atoms with Gasteiger partial charge in [0, 0.05) is 11.4 Å². The van der Waals surface area contributed by atoms with Crippen molar-refractivity contribution < 1.29 is 9.59 Å². The van der Waals surface area contributed by atoms with E-state index in [9.17, 15) is 9.59 Å². The van der Waals surface area contributed by atoms with E-state index in [2.05, 4.69) is 10.6 Å². The van der Waals surface area contributed by atoms with Crippen LogP contribution in [0, 0.1) is 5.92 Å². The Balaban J connectivity index is 1.69. The molecule has 1 aromatic carbocycles. The molecule has 2 amide bonds. The van der Waals surface area contributed by atoms with Gasteiger partial charge in [0.1, 0.15) is 0 Å². The Morgan fingerprint density at radius 1 is 1.09 bits per heavy atom. The molecule has 0 bridgehead atoms. The summed E-state index contributed by atoms with van der Waals surface area (Å²) in [5, 5.41) is 6.19. The number of hydrogen-bond donors (Lipinski definition) is 2. The molecule has 0 heterocycles. The van der Waals surface area contributed by atoms with Crippen LogP contribution in [0.5, 0.6) is 0 Å². The third-order valence-corrected chi connectivity index (χ3v) is 4.72. The summed E-state index contributed by atoms with van der Waals surface area (Å²) in [5.41, 5.74) is 0.445. The Morgan fingerprint density at radius 2 is 1.83 bits per heavy atom. The van der Waals surface area contributed by atoms with Crippen molar-refractivity contribution in [1.82, 2.24) is 5.32 Å². The van der Waals surface area contributed by atoms with Gasteiger partial charge >= 0.3 is 0 Å². The molecule has 23 heavy (non-hydrogen) atoms. The van der Waals surface area contributed by atoms with Crippen molar-refractivity contribution >= 4 is 40.7 Å². The van der Waals surface area contributed by atoms with Crippen LogP contribution in [0.1, 0.15) is 44.9 Å². The number of anilines is 1. The number of nitrogens with one attached hydrogen (secondary N) is 2. The van der Waals surface area contributed by atoms with Gasteiger partial charge in [-0.2, -0.15) is 0 Å². The van der Waals surface area contributed by atoms with Crippen LogP contribution in [0.2, 0.25) is 10.0 Å². The van der Waals surface area contributed by atoms with Crippen molar-refractivity contribution in [1.29, 1.82) is 0 Å². The number of rotatable bonds is 6. The summed E-state index contributed by atoms with van der Waals surface area (Å²) < 4.78 is 0. The lowest BCUT2D eigenvalue weighted by Gasteiger charge is -2.20. The molecule has 0 aromatic heterocycles. The highest BCUT2D eigenvalue weighted by Gasteiger charge is 2.15. The highest BCUT2D eigenvalue weighted by Crippen LogP contribution is 2.27. The Morgan fingerprint density at radius 3 is 2.57 bits per heavy atom. The Bertz CT molecular complexity index is 558. The smallest absolute Gasteiger partial charge is 0.243 e. The predicted molar refractivity (Wildman–Crippen MR) is 93.9 cm³/mol. The van der Waals surface area contributed by atoms with E-state index in [1.165, 1.54) is 32.1 Å². The fourth-order valence-corrected chi connectivity index (χ4v) is 3.20. The van der Waals surface area contributed by atoms with E-state index in [0.717, 1.165) is 6.42 Å². The average Bonchev–Trinajstić information content (AvgIpc) is 2.55. The minimum atomic E-state index is -0.319. The first kappa shape index (κ1) is 18.1. The summed E-state index contributed by atoms with van der Waals surface area (Å²) in [5.74, 6) is 0.261. The van der Waals surface area contributed by atoms with Crippen LogP contribution in [0.15, 0.2) is 18.2 Å². The molecule has 6 heteroatoms. The monoisotopic (exact) mass is 356 g/mol. The predicted octanol–water partition coefficient (Wildman–Crippen LogP) is 4.41. The van der Waals surface area contributed by atoms with Gasteiger partial charge in [0.25, 0.3) is 0 Å². The number of carbonyl (C=O) groups excluding carboxylic acids is 2. The maximum atomic E-state index is 11.9. The van der Waals surface area contributed by atoms with Gasteiger partial charge in [-0.05, 0) is 30.5 Å². The Hall–Kier alpha value is -1.26. The van der Waals surface area contributed by atoms with E-state index >= 15 is 0 Å². The molecule has 2 N–H and O–H groups in total. The quantitative estimate of drug-likeness (QED) is 0.792. The normalized spacial score (nSPS) is 15.2. The number of hydrogen-bond acceptors (Lipinski definition) is 2. The first-order valence-corrected chi connectivity index (χ1v) is 8.82. The van der Waals surface area contributed by atoms with Crippen molar-refractivity contribution in [2.75, 3.05) is 11.9 Å². The fourth-order valence-electron chi connectivity index (χ4n) is 2.87. The van der Waals surface area contributed by atoms with Crippen molar-refractivity contribution in [3.05, 3.63) is 28.2 Å². The number of halogens is 2. The van der Waals surface area contributed by atoms with Crippen LogP contribution >= 0.6 is 23.2 Å². The van der Waals surface area contributed by atoms with Gasteiger partial charge in [-0.15, -0.1) is 0 Å². The summed E-state index contributed by atoms with van der Waals surface area (Å²) >= 11 is 11.8. The largest absolute Gasteiger partial charge is 0.347 e. The van der Waals surface area contributed by atoms with Crippen molar-refractivity contribution in [3.8, 4) is 0 Å². The van der Waals surface area contributed by atoms with Gasteiger partial charge < -0.3 is 10.6 Å². The number of carbonyl (C=O) groups is 2. The highest BCUT2D eigenvalue weighted by molar-refractivity contribution is 6.35. The summed E-state index contributed by atoms with van der Waals surface area (Å²) in [6.45, 7) is -0.0632. The zero-order valence-corrected chi connectivity index (χ0v) is 14.6. The summed E-state index contributed by atoms with van der Waals surface area (Å²) in [6, 6.07) is 4.83. The SMILES string of the molecule is O=C(CCC1CCCCC1)NCC(=O)Nc1cc(Cl)ccc1Cl. The van der Waals surface area contributed by atoms with Crippen LogP contribution in [-0.2, 0) is 9.59 Å². The third-order valence-electron chi connectivity index (χ3n) is 4.15. The average molecular weight is 357 g/mol. The van der Waals surface area contributed by atoms with Crippen LogP contribution in [0.3, 0.4) is 0 Å². The standard InChI is InChI=1S/C17H22Cl2N2O2/c18-13-7-8-14(19)15(10-13)21-17(23)11-20-16(22)9-6-12-4-2-1-3-5-12/h7-8,10,12H,1-6,9,11H2,(H,20,22)(H,21,23). The maximum Gasteiger partial charge on any atom is 0.243 e. The molecule has 0 radical (unpaired) electrons. The zero-order chi connectivity index (χ0) is 16.7. The molecule has 0 unspecified atom stereocenters. The molecule has 1 aliphatic carbocycles. The molecular weight excluding hydrogens is 335 g/mol. The molecule has 4 nitrogen and oxygen atoms in total. The van der Waals surface area contributed by atoms with Crippen LogP contribution in [0.25, 0.3) is 0 Å². The molecule has 0 atom stereocenters. The van der Waals surface area contributed by atoms with Gasteiger partial charge in [-0.1, -0.05) is 55.3 Å². The van der Waals surface area contributed by atoms with Crippen molar-refractivity contribution in [2.24, 2.45) is 5.92 Å². The minimum Gasteiger partial charge on any atom is -0.347 e. The molecule has 1 aliphatic rings. The van der Waals surface area contributed by atoms with Crippen molar-refractivity contribution in [2.45, 2.75) is 44.9 Å². The number of benzene rings is 1. The second-order valence-electron chi connectivity index (χ2n) is 5.99. The molecule has 1 aromatic rings. The van der Waals surface area contributed by atoms with Gasteiger partial charge in [0.15, 0.2) is 0 Å². The van der Waals surface area contributed by atoms with E-state index in [-0.39, 0.29) is 18.4 Å². The lowest BCUT2D eigenvalue weighted by molar-refractivity contribution is -0.124. The molecule has 0 spiro atoms. The second-order valence-corrected chi connectivity index (χ2v) is 6.84. The topological polar surface area (TPSA) is 58.2 Å². The second kappa shape index (κ2) is 9.14. The summed E-state index contributed by atoms with van der Waals surface area (Å²) in [7, 11) is 0. The van der Waals surface area contributed by atoms with E-state index in [4.69, 9.17) is 23.2 Å². The molecule has 2 rings (SSSR count). The molecule has 1 fully saturated rings. The zero-order valence-electron chi connectivity index (χ0n) is 13.0. The van der Waals surface area contributed by atoms with Gasteiger partial charge in [0.2, 0.25) is 11.8 Å². The van der Waals surface area contributed by atoms with Crippen LogP contribution in [-0.4, -0.2) is 18.4 Å². The van der Waals surface area contributed by atoms with Crippen molar-refractivity contribution in [3.63, 3.8) is 0 Å². The van der Waals surface area contributed by atoms with Gasteiger partial charge in [-0.3, -0.25) is 9.59 Å². The van der Waals surface area contributed by atoms with E-state index in [1.807, 2.05) is 0 Å². The Kier molecular flexibility index (Phi) is 7.18. The third kappa shape index (κ3) is 6.40. The van der Waals surface area contributed by atoms with Crippen LogP contribution < -0.4 is 10.6 Å². The molecule has 0 saturated heterocycles. The van der Waals surface area contributed by atoms with Crippen LogP contribution in [0.4, 0.5) is 5.69 Å².